The highest BCUT2D eigenvalue weighted by Crippen LogP contribution is 2.48. The van der Waals surface area contributed by atoms with Gasteiger partial charge in [-0.1, -0.05) is 12.1 Å². The number of aliphatic hydroxyl groups excluding tert-OH is 1. The Morgan fingerprint density at radius 1 is 1.61 bits per heavy atom. The second-order valence-corrected chi connectivity index (χ2v) is 4.82. The molecule has 1 aliphatic carbocycles. The third-order valence-electron chi connectivity index (χ3n) is 3.31. The highest BCUT2D eigenvalue weighted by Gasteiger charge is 2.44. The molecular formula is C14H19NO3. The van der Waals surface area contributed by atoms with Crippen LogP contribution in [0.5, 0.6) is 5.75 Å². The van der Waals surface area contributed by atoms with Crippen LogP contribution in [0.25, 0.3) is 0 Å². The number of aliphatic hydroxyl groups is 1. The summed E-state index contributed by atoms with van der Waals surface area (Å²) in [7, 11) is 1.64. The van der Waals surface area contributed by atoms with Gasteiger partial charge in [0.05, 0.1) is 13.7 Å². The monoisotopic (exact) mass is 249 g/mol. The van der Waals surface area contributed by atoms with E-state index < -0.39 is 0 Å². The molecular weight excluding hydrogens is 230 g/mol. The van der Waals surface area contributed by atoms with Crippen LogP contribution in [-0.4, -0.2) is 30.8 Å². The van der Waals surface area contributed by atoms with E-state index in [1.165, 1.54) is 0 Å². The Balaban J connectivity index is 1.95. The molecule has 0 aliphatic heterocycles. The molecule has 2 rings (SSSR count). The van der Waals surface area contributed by atoms with Crippen LogP contribution in [0.2, 0.25) is 0 Å². The average molecular weight is 249 g/mol. The molecule has 0 radical (unpaired) electrons. The van der Waals surface area contributed by atoms with Crippen LogP contribution >= 0.6 is 0 Å². The normalized spacial score (nSPS) is 23.3. The average Bonchev–Trinajstić information content (AvgIpc) is 3.19. The number of benzene rings is 1. The zero-order valence-electron chi connectivity index (χ0n) is 10.7. The number of carbonyl (C=O) groups excluding carboxylic acids is 1. The van der Waals surface area contributed by atoms with Crippen LogP contribution < -0.4 is 10.1 Å². The maximum Gasteiger partial charge on any atom is 0.224 e. The van der Waals surface area contributed by atoms with E-state index in [9.17, 15) is 4.79 Å². The summed E-state index contributed by atoms with van der Waals surface area (Å²) < 4.78 is 5.18. The molecule has 1 saturated carbocycles. The fourth-order valence-electron chi connectivity index (χ4n) is 2.12. The fraction of sp³-hybridized carbons (Fsp3) is 0.500. The smallest absolute Gasteiger partial charge is 0.224 e. The van der Waals surface area contributed by atoms with E-state index in [0.717, 1.165) is 17.7 Å². The minimum Gasteiger partial charge on any atom is -0.497 e. The van der Waals surface area contributed by atoms with Gasteiger partial charge in [-0.25, -0.2) is 0 Å². The van der Waals surface area contributed by atoms with Gasteiger partial charge in [0.2, 0.25) is 5.91 Å². The largest absolute Gasteiger partial charge is 0.497 e. The van der Waals surface area contributed by atoms with Gasteiger partial charge in [0.1, 0.15) is 5.75 Å². The second kappa shape index (κ2) is 5.40. The summed E-state index contributed by atoms with van der Waals surface area (Å²) in [6.45, 7) is 1.77. The summed E-state index contributed by atoms with van der Waals surface area (Å²) in [5.74, 6) is 1.17. The summed E-state index contributed by atoms with van der Waals surface area (Å²) in [6.07, 6.45) is 0.872. The SMILES string of the molecule is COc1cccc(C2CC2C(=O)NC(C)CO)c1. The number of methoxy groups -OCH3 is 1. The quantitative estimate of drug-likeness (QED) is 0.827. The van der Waals surface area contributed by atoms with Gasteiger partial charge in [-0.3, -0.25) is 4.79 Å². The predicted octanol–water partition coefficient (Wildman–Crippen LogP) is 1.30. The molecule has 1 fully saturated rings. The molecule has 3 atom stereocenters. The third-order valence-corrected chi connectivity index (χ3v) is 3.31. The maximum absolute atomic E-state index is 11.9. The second-order valence-electron chi connectivity index (χ2n) is 4.82. The molecule has 3 unspecified atom stereocenters. The van der Waals surface area contributed by atoms with Crippen molar-refractivity contribution in [3.05, 3.63) is 29.8 Å². The summed E-state index contributed by atoms with van der Waals surface area (Å²) in [4.78, 5) is 11.9. The third kappa shape index (κ3) is 2.82. The van der Waals surface area contributed by atoms with Crippen LogP contribution in [0.3, 0.4) is 0 Å². The maximum atomic E-state index is 11.9. The molecule has 0 aromatic heterocycles. The van der Waals surface area contributed by atoms with Crippen molar-refractivity contribution < 1.29 is 14.6 Å². The van der Waals surface area contributed by atoms with E-state index in [4.69, 9.17) is 9.84 Å². The van der Waals surface area contributed by atoms with Gasteiger partial charge in [-0.15, -0.1) is 0 Å². The van der Waals surface area contributed by atoms with Crippen molar-refractivity contribution in [1.29, 1.82) is 0 Å². The van der Waals surface area contributed by atoms with Crippen LogP contribution in [0.15, 0.2) is 24.3 Å². The van der Waals surface area contributed by atoms with Crippen LogP contribution in [0.1, 0.15) is 24.8 Å². The van der Waals surface area contributed by atoms with E-state index in [1.807, 2.05) is 24.3 Å². The highest BCUT2D eigenvalue weighted by molar-refractivity contribution is 5.83. The first-order valence-electron chi connectivity index (χ1n) is 6.21. The van der Waals surface area contributed by atoms with Crippen molar-refractivity contribution in [1.82, 2.24) is 5.32 Å². The Bertz CT molecular complexity index is 433. The molecule has 98 valence electrons. The van der Waals surface area contributed by atoms with E-state index in [0.29, 0.717) is 0 Å². The summed E-state index contributed by atoms with van der Waals surface area (Å²) in [6, 6.07) is 7.67. The first-order valence-corrected chi connectivity index (χ1v) is 6.21. The van der Waals surface area contributed by atoms with E-state index >= 15 is 0 Å². The van der Waals surface area contributed by atoms with Gasteiger partial charge in [0, 0.05) is 12.0 Å². The molecule has 1 aliphatic rings. The zero-order valence-corrected chi connectivity index (χ0v) is 10.7. The number of nitrogens with one attached hydrogen (secondary N) is 1. The molecule has 4 heteroatoms. The fourth-order valence-corrected chi connectivity index (χ4v) is 2.12. The molecule has 0 spiro atoms. The lowest BCUT2D eigenvalue weighted by Gasteiger charge is -2.10. The molecule has 0 saturated heterocycles. The van der Waals surface area contributed by atoms with Crippen molar-refractivity contribution in [2.45, 2.75) is 25.3 Å². The lowest BCUT2D eigenvalue weighted by atomic mass is 10.1. The van der Waals surface area contributed by atoms with Gasteiger partial charge >= 0.3 is 0 Å². The predicted molar refractivity (Wildman–Crippen MR) is 68.5 cm³/mol. The van der Waals surface area contributed by atoms with E-state index in [1.54, 1.807) is 14.0 Å². The Morgan fingerprint density at radius 3 is 3.06 bits per heavy atom. The molecule has 1 aromatic carbocycles. The van der Waals surface area contributed by atoms with E-state index in [2.05, 4.69) is 5.32 Å². The van der Waals surface area contributed by atoms with Gasteiger partial charge in [0.15, 0.2) is 0 Å². The number of rotatable bonds is 5. The van der Waals surface area contributed by atoms with Crippen molar-refractivity contribution in [2.24, 2.45) is 5.92 Å². The standard InChI is InChI=1S/C14H19NO3/c1-9(8-16)15-14(17)13-7-12(13)10-4-3-5-11(6-10)18-2/h3-6,9,12-13,16H,7-8H2,1-2H3,(H,15,17). The van der Waals surface area contributed by atoms with Crippen LogP contribution in [0, 0.1) is 5.92 Å². The molecule has 1 amide bonds. The number of carbonyl (C=O) groups is 1. The summed E-state index contributed by atoms with van der Waals surface area (Å²) >= 11 is 0. The van der Waals surface area contributed by atoms with Crippen LogP contribution in [0.4, 0.5) is 0 Å². The van der Waals surface area contributed by atoms with Gasteiger partial charge in [0.25, 0.3) is 0 Å². The van der Waals surface area contributed by atoms with Gasteiger partial charge in [-0.05, 0) is 37.0 Å². The lowest BCUT2D eigenvalue weighted by Crippen LogP contribution is -2.36. The highest BCUT2D eigenvalue weighted by atomic mass is 16.5. The van der Waals surface area contributed by atoms with Gasteiger partial charge < -0.3 is 15.2 Å². The molecule has 2 N–H and O–H groups in total. The molecule has 0 bridgehead atoms. The van der Waals surface area contributed by atoms with Crippen molar-refractivity contribution in [3.8, 4) is 5.75 Å². The number of amides is 1. The molecule has 1 aromatic rings. The molecule has 4 nitrogen and oxygen atoms in total. The molecule has 0 heterocycles. The summed E-state index contributed by atoms with van der Waals surface area (Å²) in [5, 5.41) is 11.7. The number of ether oxygens (including phenoxy) is 1. The Morgan fingerprint density at radius 2 is 2.39 bits per heavy atom. The topological polar surface area (TPSA) is 58.6 Å². The zero-order chi connectivity index (χ0) is 13.1. The minimum atomic E-state index is -0.177. The van der Waals surface area contributed by atoms with Gasteiger partial charge in [-0.2, -0.15) is 0 Å². The van der Waals surface area contributed by atoms with Crippen molar-refractivity contribution >= 4 is 5.91 Å². The summed E-state index contributed by atoms with van der Waals surface area (Å²) in [5.41, 5.74) is 1.14. The van der Waals surface area contributed by atoms with Crippen LogP contribution in [-0.2, 0) is 4.79 Å². The Hall–Kier alpha value is -1.55. The molecule has 18 heavy (non-hydrogen) atoms. The Kier molecular flexibility index (Phi) is 3.87. The van der Waals surface area contributed by atoms with Crippen molar-refractivity contribution in [3.63, 3.8) is 0 Å². The van der Waals surface area contributed by atoms with E-state index in [-0.39, 0.29) is 30.4 Å². The lowest BCUT2D eigenvalue weighted by molar-refractivity contribution is -0.123. The van der Waals surface area contributed by atoms with Crippen molar-refractivity contribution in [2.75, 3.05) is 13.7 Å². The first-order chi connectivity index (χ1) is 8.65. The minimum absolute atomic E-state index is 0.0255. The first kappa shape index (κ1) is 12.9. The Labute approximate surface area is 107 Å². The number of hydrogen-bond acceptors (Lipinski definition) is 3. The number of hydrogen-bond donors (Lipinski definition) is 2.